The number of carbonyl (C=O) groups excluding carboxylic acids is 1. The van der Waals surface area contributed by atoms with Crippen molar-refractivity contribution in [1.29, 1.82) is 0 Å². The van der Waals surface area contributed by atoms with E-state index in [1.54, 1.807) is 0 Å². The first-order valence-corrected chi connectivity index (χ1v) is 3.83. The van der Waals surface area contributed by atoms with Gasteiger partial charge in [0.25, 0.3) is 0 Å². The lowest BCUT2D eigenvalue weighted by molar-refractivity contribution is -0.104. The van der Waals surface area contributed by atoms with Crippen LogP contribution in [0.5, 0.6) is 0 Å². The highest BCUT2D eigenvalue weighted by Gasteiger charge is 2.15. The topological polar surface area (TPSA) is 54.4 Å². The quantitative estimate of drug-likeness (QED) is 0.562. The average Bonchev–Trinajstić information content (AvgIpc) is 2.30. The van der Waals surface area contributed by atoms with Gasteiger partial charge in [0.05, 0.1) is 22.3 Å². The lowest BCUT2D eigenvalue weighted by Gasteiger charge is -1.93. The van der Waals surface area contributed by atoms with Crippen molar-refractivity contribution in [3.8, 4) is 0 Å². The second-order valence-electron chi connectivity index (χ2n) is 1.75. The Bertz CT molecular complexity index is 239. The van der Waals surface area contributed by atoms with Gasteiger partial charge >= 0.3 is 0 Å². The highest BCUT2D eigenvalue weighted by molar-refractivity contribution is 7.94. The van der Waals surface area contributed by atoms with Crippen molar-refractivity contribution in [2.75, 3.05) is 6.61 Å². The summed E-state index contributed by atoms with van der Waals surface area (Å²) < 4.78 is 11.0. The zero-order valence-corrected chi connectivity index (χ0v) is 5.93. The zero-order chi connectivity index (χ0) is 7.56. The van der Waals surface area contributed by atoms with E-state index in [9.17, 15) is 9.00 Å². The number of carbonyl (C=O) groups is 1. The minimum absolute atomic E-state index is 0.226. The minimum Gasteiger partial charge on any atom is -0.391 e. The summed E-state index contributed by atoms with van der Waals surface area (Å²) in [4.78, 5) is 10.7. The third-order valence-corrected chi connectivity index (χ3v) is 2.56. The van der Waals surface area contributed by atoms with Crippen LogP contribution in [-0.4, -0.2) is 22.2 Å². The number of aliphatic hydroxyl groups is 1. The van der Waals surface area contributed by atoms with Crippen LogP contribution in [-0.2, 0) is 15.6 Å². The summed E-state index contributed by atoms with van der Waals surface area (Å²) in [6, 6.07) is 0. The summed E-state index contributed by atoms with van der Waals surface area (Å²) >= 11 is 0. The van der Waals surface area contributed by atoms with E-state index in [1.165, 1.54) is 12.2 Å². The van der Waals surface area contributed by atoms with Crippen molar-refractivity contribution in [2.45, 2.75) is 0 Å². The molecule has 0 aromatic heterocycles. The summed E-state index contributed by atoms with van der Waals surface area (Å²) in [5.74, 6) is 0. The van der Waals surface area contributed by atoms with Crippen LogP contribution in [0.4, 0.5) is 0 Å². The van der Waals surface area contributed by atoms with Gasteiger partial charge in [-0.2, -0.15) is 0 Å². The third-order valence-electron chi connectivity index (χ3n) is 1.16. The van der Waals surface area contributed by atoms with Gasteiger partial charge in [-0.25, -0.2) is 4.21 Å². The Morgan fingerprint density at radius 2 is 2.30 bits per heavy atom. The molecule has 1 N–H and O–H groups in total. The molecule has 0 bridgehead atoms. The normalized spacial score (nSPS) is 23.9. The molecule has 0 saturated carbocycles. The summed E-state index contributed by atoms with van der Waals surface area (Å²) in [5.41, 5.74) is 0. The van der Waals surface area contributed by atoms with Crippen LogP contribution in [0.1, 0.15) is 0 Å². The Kier molecular flexibility index (Phi) is 2.13. The van der Waals surface area contributed by atoms with Gasteiger partial charge < -0.3 is 5.11 Å². The van der Waals surface area contributed by atoms with Crippen LogP contribution in [0, 0.1) is 0 Å². The van der Waals surface area contributed by atoms with Gasteiger partial charge in [-0.3, -0.25) is 4.79 Å². The zero-order valence-electron chi connectivity index (χ0n) is 5.11. The number of rotatable bonds is 2. The Hall–Kier alpha value is -0.740. The third kappa shape index (κ3) is 1.08. The molecule has 10 heavy (non-hydrogen) atoms. The Labute approximate surface area is 60.5 Å². The second-order valence-corrected chi connectivity index (χ2v) is 3.28. The van der Waals surface area contributed by atoms with Crippen molar-refractivity contribution in [2.24, 2.45) is 0 Å². The number of hydrogen-bond acceptors (Lipinski definition) is 3. The first kappa shape index (κ1) is 7.37. The molecule has 3 nitrogen and oxygen atoms in total. The van der Waals surface area contributed by atoms with Crippen molar-refractivity contribution in [1.82, 2.24) is 0 Å². The van der Waals surface area contributed by atoms with Crippen LogP contribution in [0.15, 0.2) is 22.0 Å². The second kappa shape index (κ2) is 2.90. The van der Waals surface area contributed by atoms with E-state index in [4.69, 9.17) is 5.11 Å². The Balaban J connectivity index is 2.82. The van der Waals surface area contributed by atoms with Gasteiger partial charge in [0.15, 0.2) is 6.29 Å². The van der Waals surface area contributed by atoms with Crippen molar-refractivity contribution < 1.29 is 14.1 Å². The van der Waals surface area contributed by atoms with Gasteiger partial charge in [0.2, 0.25) is 0 Å². The average molecular weight is 158 g/mol. The Morgan fingerprint density at radius 3 is 2.60 bits per heavy atom. The molecule has 1 aliphatic heterocycles. The first-order valence-electron chi connectivity index (χ1n) is 2.68. The van der Waals surface area contributed by atoms with E-state index in [1.807, 2.05) is 0 Å². The molecule has 1 unspecified atom stereocenters. The van der Waals surface area contributed by atoms with E-state index in [-0.39, 0.29) is 11.5 Å². The van der Waals surface area contributed by atoms with Crippen molar-refractivity contribution >= 4 is 17.1 Å². The molecule has 1 heterocycles. The first-order chi connectivity index (χ1) is 4.79. The predicted octanol–water partition coefficient (Wildman–Crippen LogP) is -0.292. The molecule has 0 aliphatic carbocycles. The smallest absolute Gasteiger partial charge is 0.159 e. The molecule has 0 fully saturated rings. The maximum Gasteiger partial charge on any atom is 0.159 e. The lowest BCUT2D eigenvalue weighted by atomic mass is 10.4. The molecular formula is C6H6O3S. The SMILES string of the molecule is O=CC1=CC=C(CO)S1=O. The van der Waals surface area contributed by atoms with Crippen LogP contribution >= 0.6 is 0 Å². The summed E-state index contributed by atoms with van der Waals surface area (Å²) in [7, 11) is -1.39. The van der Waals surface area contributed by atoms with Gasteiger partial charge in [-0.05, 0) is 12.2 Å². The van der Waals surface area contributed by atoms with E-state index >= 15 is 0 Å². The molecule has 1 aliphatic rings. The molecule has 0 spiro atoms. The molecule has 0 saturated heterocycles. The highest BCUT2D eigenvalue weighted by Crippen LogP contribution is 2.16. The lowest BCUT2D eigenvalue weighted by Crippen LogP contribution is -1.98. The standard InChI is InChI=1S/C6H6O3S/c7-3-5-1-2-6(4-8)10(5)9/h1-3,8H,4H2. The molecule has 1 rings (SSSR count). The fourth-order valence-electron chi connectivity index (χ4n) is 0.644. The van der Waals surface area contributed by atoms with E-state index in [2.05, 4.69) is 0 Å². The van der Waals surface area contributed by atoms with Crippen LogP contribution in [0.25, 0.3) is 0 Å². The highest BCUT2D eigenvalue weighted by atomic mass is 32.2. The summed E-state index contributed by atoms with van der Waals surface area (Å²) in [5, 5.41) is 8.54. The van der Waals surface area contributed by atoms with Crippen LogP contribution < -0.4 is 0 Å². The molecular weight excluding hydrogens is 152 g/mol. The summed E-state index contributed by atoms with van der Waals surface area (Å²) in [6.45, 7) is -0.250. The maximum atomic E-state index is 11.0. The maximum absolute atomic E-state index is 11.0. The van der Waals surface area contributed by atoms with Crippen LogP contribution in [0.3, 0.4) is 0 Å². The number of aldehydes is 1. The monoisotopic (exact) mass is 158 g/mol. The van der Waals surface area contributed by atoms with Gasteiger partial charge in [0.1, 0.15) is 0 Å². The molecule has 0 aromatic rings. The number of hydrogen-bond donors (Lipinski definition) is 1. The predicted molar refractivity (Wildman–Crippen MR) is 37.5 cm³/mol. The fraction of sp³-hybridized carbons (Fsp3) is 0.167. The van der Waals surface area contributed by atoms with Gasteiger partial charge in [-0.1, -0.05) is 0 Å². The number of aliphatic hydroxyl groups excluding tert-OH is 1. The molecule has 4 heteroatoms. The fourth-order valence-corrected chi connectivity index (χ4v) is 1.54. The summed E-state index contributed by atoms with van der Waals surface area (Å²) in [6.07, 6.45) is 3.49. The van der Waals surface area contributed by atoms with Crippen LogP contribution in [0.2, 0.25) is 0 Å². The van der Waals surface area contributed by atoms with Gasteiger partial charge in [0, 0.05) is 4.91 Å². The number of allylic oxidation sites excluding steroid dienone is 3. The van der Waals surface area contributed by atoms with E-state index in [0.717, 1.165) is 0 Å². The molecule has 0 radical (unpaired) electrons. The molecule has 54 valence electrons. The molecule has 0 aromatic carbocycles. The van der Waals surface area contributed by atoms with E-state index < -0.39 is 10.8 Å². The molecule has 1 atom stereocenters. The van der Waals surface area contributed by atoms with Gasteiger partial charge in [-0.15, -0.1) is 0 Å². The van der Waals surface area contributed by atoms with E-state index in [0.29, 0.717) is 11.2 Å². The van der Waals surface area contributed by atoms with Crippen molar-refractivity contribution in [3.63, 3.8) is 0 Å². The largest absolute Gasteiger partial charge is 0.391 e. The molecule has 0 amide bonds. The van der Waals surface area contributed by atoms with Crippen molar-refractivity contribution in [3.05, 3.63) is 22.0 Å². The Morgan fingerprint density at radius 1 is 1.60 bits per heavy atom. The minimum atomic E-state index is -1.39.